The summed E-state index contributed by atoms with van der Waals surface area (Å²) in [6, 6.07) is 15.9. The molecule has 5 heteroatoms. The Kier molecular flexibility index (Phi) is 5.61. The average Bonchev–Trinajstić information content (AvgIpc) is 2.78. The van der Waals surface area contributed by atoms with E-state index >= 15 is 0 Å². The fourth-order valence-corrected chi connectivity index (χ4v) is 4.73. The van der Waals surface area contributed by atoms with E-state index in [0.717, 1.165) is 17.7 Å². The fourth-order valence-electron chi connectivity index (χ4n) is 4.73. The summed E-state index contributed by atoms with van der Waals surface area (Å²) >= 11 is 0. The molecule has 2 aromatic carbocycles. The second kappa shape index (κ2) is 8.17. The highest BCUT2D eigenvalue weighted by atomic mass is 16.5. The van der Waals surface area contributed by atoms with Crippen LogP contribution in [-0.2, 0) is 27.8 Å². The predicted octanol–water partition coefficient (Wildman–Crippen LogP) is 2.78. The Labute approximate surface area is 172 Å². The lowest BCUT2D eigenvalue weighted by atomic mass is 9.72. The number of aliphatic hydroxyl groups is 1. The molecule has 1 amide bonds. The quantitative estimate of drug-likeness (QED) is 0.817. The number of hydrogen-bond acceptors (Lipinski definition) is 4. The molecule has 1 aliphatic carbocycles. The second-order valence-corrected chi connectivity index (χ2v) is 8.25. The normalized spacial score (nSPS) is 23.1. The summed E-state index contributed by atoms with van der Waals surface area (Å²) in [5.74, 6) is 0.660. The summed E-state index contributed by atoms with van der Waals surface area (Å²) < 4.78 is 11.1. The second-order valence-electron chi connectivity index (χ2n) is 8.25. The van der Waals surface area contributed by atoms with E-state index in [1.807, 2.05) is 36.4 Å². The van der Waals surface area contributed by atoms with E-state index in [2.05, 4.69) is 17.4 Å². The van der Waals surface area contributed by atoms with E-state index in [-0.39, 0.29) is 12.5 Å². The van der Waals surface area contributed by atoms with Crippen LogP contribution >= 0.6 is 0 Å². The Morgan fingerprint density at radius 1 is 1.07 bits per heavy atom. The maximum absolute atomic E-state index is 13.5. The molecule has 0 spiro atoms. The molecule has 0 saturated carbocycles. The predicted molar refractivity (Wildman–Crippen MR) is 111 cm³/mol. The van der Waals surface area contributed by atoms with E-state index in [0.29, 0.717) is 38.9 Å². The molecule has 1 saturated heterocycles. The van der Waals surface area contributed by atoms with Crippen LogP contribution in [0, 0.1) is 0 Å². The Morgan fingerprint density at radius 2 is 1.76 bits per heavy atom. The van der Waals surface area contributed by atoms with Gasteiger partial charge < -0.3 is 19.9 Å². The third-order valence-electron chi connectivity index (χ3n) is 6.48. The summed E-state index contributed by atoms with van der Waals surface area (Å²) in [5, 5.41) is 14.2. The highest BCUT2D eigenvalue weighted by molar-refractivity contribution is 5.89. The molecule has 0 radical (unpaired) electrons. The number of benzene rings is 2. The average molecular weight is 395 g/mol. The molecule has 2 aromatic rings. The minimum atomic E-state index is -0.919. The number of carbonyl (C=O) groups excluding carboxylic acids is 1. The first-order valence-corrected chi connectivity index (χ1v) is 10.4. The number of carbonyl (C=O) groups is 1. The Hall–Kier alpha value is -2.37. The van der Waals surface area contributed by atoms with Crippen molar-refractivity contribution in [3.8, 4) is 5.75 Å². The van der Waals surface area contributed by atoms with Gasteiger partial charge in [-0.2, -0.15) is 0 Å². The molecule has 2 N–H and O–H groups in total. The Morgan fingerprint density at radius 3 is 2.52 bits per heavy atom. The van der Waals surface area contributed by atoms with Crippen LogP contribution in [0.1, 0.15) is 36.0 Å². The van der Waals surface area contributed by atoms with Gasteiger partial charge in [0.15, 0.2) is 0 Å². The zero-order chi connectivity index (χ0) is 20.3. The summed E-state index contributed by atoms with van der Waals surface area (Å²) in [6.07, 6.45) is 3.23. The minimum absolute atomic E-state index is 0.0578. The number of aryl methyl sites for hydroxylation is 1. The van der Waals surface area contributed by atoms with Gasteiger partial charge >= 0.3 is 0 Å². The van der Waals surface area contributed by atoms with Crippen molar-refractivity contribution >= 4 is 5.91 Å². The molecule has 0 bridgehead atoms. The molecule has 1 heterocycles. The molecule has 154 valence electrons. The molecule has 1 fully saturated rings. The number of amides is 1. The smallest absolute Gasteiger partial charge is 0.231 e. The standard InChI is InChI=1S/C24H29NO4/c1-28-21-9-5-4-8-20(21)24(12-14-29-15-13-24)22(26)25-17-23(27)11-10-18-6-2-3-7-19(18)16-23/h2-9,27H,10-17H2,1H3,(H,25,26)/t23-/m1/s1. The van der Waals surface area contributed by atoms with E-state index in [1.165, 1.54) is 11.1 Å². The first kappa shape index (κ1) is 19.9. The van der Waals surface area contributed by atoms with Gasteiger partial charge in [0.2, 0.25) is 5.91 Å². The zero-order valence-electron chi connectivity index (χ0n) is 16.9. The molecule has 29 heavy (non-hydrogen) atoms. The number of para-hydroxylation sites is 1. The van der Waals surface area contributed by atoms with Crippen molar-refractivity contribution in [1.29, 1.82) is 0 Å². The number of hydrogen-bond donors (Lipinski definition) is 2. The lowest BCUT2D eigenvalue weighted by molar-refractivity contribution is -0.132. The van der Waals surface area contributed by atoms with Crippen LogP contribution in [0.15, 0.2) is 48.5 Å². The summed E-state index contributed by atoms with van der Waals surface area (Å²) in [5.41, 5.74) is 1.73. The van der Waals surface area contributed by atoms with Crippen LogP contribution in [0.5, 0.6) is 5.75 Å². The first-order valence-electron chi connectivity index (χ1n) is 10.4. The molecular weight excluding hydrogens is 366 g/mol. The molecule has 1 aliphatic heterocycles. The van der Waals surface area contributed by atoms with Gasteiger partial charge in [0.1, 0.15) is 5.75 Å². The van der Waals surface area contributed by atoms with Gasteiger partial charge in [-0.25, -0.2) is 0 Å². The Balaban J connectivity index is 1.54. The fraction of sp³-hybridized carbons (Fsp3) is 0.458. The van der Waals surface area contributed by atoms with E-state index in [4.69, 9.17) is 9.47 Å². The van der Waals surface area contributed by atoms with E-state index < -0.39 is 11.0 Å². The molecular formula is C24H29NO4. The van der Waals surface area contributed by atoms with Crippen molar-refractivity contribution in [3.05, 3.63) is 65.2 Å². The number of methoxy groups -OCH3 is 1. The van der Waals surface area contributed by atoms with Crippen molar-refractivity contribution in [1.82, 2.24) is 5.32 Å². The highest BCUT2D eigenvalue weighted by Crippen LogP contribution is 2.40. The number of ether oxygens (including phenoxy) is 2. The maximum atomic E-state index is 13.5. The minimum Gasteiger partial charge on any atom is -0.496 e. The molecule has 5 nitrogen and oxygen atoms in total. The molecule has 2 aliphatic rings. The van der Waals surface area contributed by atoms with Crippen molar-refractivity contribution in [3.63, 3.8) is 0 Å². The molecule has 1 atom stereocenters. The van der Waals surface area contributed by atoms with Gasteiger partial charge in [0.25, 0.3) is 0 Å². The SMILES string of the molecule is COc1ccccc1C1(C(=O)NC[C@@]2(O)CCc3ccccc3C2)CCOCC1. The van der Waals surface area contributed by atoms with Crippen LogP contribution in [-0.4, -0.2) is 43.5 Å². The molecule has 0 aromatic heterocycles. The van der Waals surface area contributed by atoms with Crippen molar-refractivity contribution in [2.45, 2.75) is 43.1 Å². The summed E-state index contributed by atoms with van der Waals surface area (Å²) in [4.78, 5) is 13.5. The zero-order valence-corrected chi connectivity index (χ0v) is 16.9. The Bertz CT molecular complexity index is 875. The first-order chi connectivity index (χ1) is 14.1. The van der Waals surface area contributed by atoms with Crippen LogP contribution in [0.2, 0.25) is 0 Å². The van der Waals surface area contributed by atoms with E-state index in [9.17, 15) is 9.90 Å². The lowest BCUT2D eigenvalue weighted by Crippen LogP contribution is -2.53. The van der Waals surface area contributed by atoms with Crippen molar-refractivity contribution < 1.29 is 19.4 Å². The highest BCUT2D eigenvalue weighted by Gasteiger charge is 2.44. The van der Waals surface area contributed by atoms with E-state index in [1.54, 1.807) is 7.11 Å². The monoisotopic (exact) mass is 395 g/mol. The van der Waals surface area contributed by atoms with Gasteiger partial charge in [-0.15, -0.1) is 0 Å². The van der Waals surface area contributed by atoms with Gasteiger partial charge in [0, 0.05) is 31.7 Å². The summed E-state index contributed by atoms with van der Waals surface area (Å²) in [6.45, 7) is 1.31. The third kappa shape index (κ3) is 3.89. The summed E-state index contributed by atoms with van der Waals surface area (Å²) in [7, 11) is 1.63. The van der Waals surface area contributed by atoms with Crippen LogP contribution < -0.4 is 10.1 Å². The third-order valence-corrected chi connectivity index (χ3v) is 6.48. The van der Waals surface area contributed by atoms with Crippen LogP contribution in [0.3, 0.4) is 0 Å². The van der Waals surface area contributed by atoms with Gasteiger partial charge in [-0.1, -0.05) is 42.5 Å². The number of fused-ring (bicyclic) bond motifs is 1. The van der Waals surface area contributed by atoms with Crippen molar-refractivity contribution in [2.75, 3.05) is 26.9 Å². The topological polar surface area (TPSA) is 67.8 Å². The van der Waals surface area contributed by atoms with Gasteiger partial charge in [0.05, 0.1) is 18.1 Å². The largest absolute Gasteiger partial charge is 0.496 e. The molecule has 0 unspecified atom stereocenters. The van der Waals surface area contributed by atoms with Crippen molar-refractivity contribution in [2.24, 2.45) is 0 Å². The van der Waals surface area contributed by atoms with Crippen LogP contribution in [0.4, 0.5) is 0 Å². The lowest BCUT2D eigenvalue weighted by Gasteiger charge is -2.39. The van der Waals surface area contributed by atoms with Crippen LogP contribution in [0.25, 0.3) is 0 Å². The maximum Gasteiger partial charge on any atom is 0.231 e. The number of rotatable bonds is 5. The van der Waals surface area contributed by atoms with Gasteiger partial charge in [-0.3, -0.25) is 4.79 Å². The number of nitrogens with one attached hydrogen (secondary N) is 1. The molecule has 4 rings (SSSR count). The van der Waals surface area contributed by atoms with Gasteiger partial charge in [-0.05, 0) is 42.9 Å².